The monoisotopic (exact) mass is 331 g/mol. The molecule has 1 fully saturated rings. The zero-order chi connectivity index (χ0) is 17.4. The predicted octanol–water partition coefficient (Wildman–Crippen LogP) is 2.99. The highest BCUT2D eigenvalue weighted by atomic mass is 16.2. The minimum Gasteiger partial charge on any atom is -0.398 e. The average molecular weight is 331 g/mol. The van der Waals surface area contributed by atoms with Gasteiger partial charge in [-0.05, 0) is 28.5 Å². The highest BCUT2D eigenvalue weighted by molar-refractivity contribution is 6.04. The molecule has 2 atom stereocenters. The zero-order valence-electron chi connectivity index (χ0n) is 13.9. The van der Waals surface area contributed by atoms with Gasteiger partial charge in [0.2, 0.25) is 0 Å². The van der Waals surface area contributed by atoms with Crippen molar-refractivity contribution < 1.29 is 4.79 Å². The van der Waals surface area contributed by atoms with Gasteiger partial charge < -0.3 is 16.4 Å². The van der Waals surface area contributed by atoms with Gasteiger partial charge >= 0.3 is 0 Å². The lowest BCUT2D eigenvalue weighted by molar-refractivity contribution is 0.0790. The van der Waals surface area contributed by atoms with Crippen molar-refractivity contribution in [2.75, 3.05) is 18.8 Å². The molecule has 1 aliphatic heterocycles. The summed E-state index contributed by atoms with van der Waals surface area (Å²) in [5.74, 6) is 0.115. The van der Waals surface area contributed by atoms with Gasteiger partial charge in [-0.2, -0.15) is 0 Å². The van der Waals surface area contributed by atoms with E-state index in [1.165, 1.54) is 5.56 Å². The number of hydrogen-bond acceptors (Lipinski definition) is 3. The standard InChI is InChI=1S/C21H21N3O/c22-19-11-16-9-5-4-8-15(16)10-17(19)21(25)24-12-18(20(23)13-24)14-6-2-1-3-7-14/h1-11,18,20H,12-13,22-23H2/t18-,20+/m0/s1. The molecule has 1 aliphatic rings. The van der Waals surface area contributed by atoms with E-state index in [0.29, 0.717) is 24.3 Å². The minimum atomic E-state index is -0.0620. The van der Waals surface area contributed by atoms with E-state index in [1.807, 2.05) is 59.5 Å². The molecule has 0 spiro atoms. The number of hydrogen-bond donors (Lipinski definition) is 2. The van der Waals surface area contributed by atoms with Gasteiger partial charge in [-0.1, -0.05) is 54.6 Å². The van der Waals surface area contributed by atoms with Crippen molar-refractivity contribution in [3.05, 3.63) is 77.9 Å². The maximum Gasteiger partial charge on any atom is 0.256 e. The molecule has 4 heteroatoms. The summed E-state index contributed by atoms with van der Waals surface area (Å²) in [6.45, 7) is 1.17. The Hall–Kier alpha value is -2.85. The quantitative estimate of drug-likeness (QED) is 0.709. The van der Waals surface area contributed by atoms with Gasteiger partial charge in [0.05, 0.1) is 5.56 Å². The lowest BCUT2D eigenvalue weighted by Gasteiger charge is -2.18. The molecule has 4 rings (SSSR count). The number of carbonyl (C=O) groups excluding carboxylic acids is 1. The summed E-state index contributed by atoms with van der Waals surface area (Å²) in [6.07, 6.45) is 0. The first-order valence-electron chi connectivity index (χ1n) is 8.51. The Kier molecular flexibility index (Phi) is 3.90. The highest BCUT2D eigenvalue weighted by Gasteiger charge is 2.34. The number of nitrogens with two attached hydrogens (primary N) is 2. The smallest absolute Gasteiger partial charge is 0.256 e. The van der Waals surface area contributed by atoms with Crippen LogP contribution in [0.1, 0.15) is 21.8 Å². The Bertz CT molecular complexity index is 923. The second-order valence-electron chi connectivity index (χ2n) is 6.68. The number of rotatable bonds is 2. The summed E-state index contributed by atoms with van der Waals surface area (Å²) in [6, 6.07) is 21.8. The maximum atomic E-state index is 13.0. The van der Waals surface area contributed by atoms with E-state index in [-0.39, 0.29) is 17.9 Å². The van der Waals surface area contributed by atoms with E-state index < -0.39 is 0 Å². The second-order valence-corrected chi connectivity index (χ2v) is 6.68. The molecule has 1 heterocycles. The van der Waals surface area contributed by atoms with Crippen LogP contribution < -0.4 is 11.5 Å². The fourth-order valence-corrected chi connectivity index (χ4v) is 3.66. The summed E-state index contributed by atoms with van der Waals surface area (Å²) >= 11 is 0. The third kappa shape index (κ3) is 2.85. The van der Waals surface area contributed by atoms with Crippen molar-refractivity contribution in [2.24, 2.45) is 5.73 Å². The molecule has 0 aromatic heterocycles. The van der Waals surface area contributed by atoms with E-state index in [9.17, 15) is 4.79 Å². The molecule has 3 aromatic rings. The molecule has 0 bridgehead atoms. The summed E-state index contributed by atoms with van der Waals surface area (Å²) in [5, 5.41) is 2.06. The fourth-order valence-electron chi connectivity index (χ4n) is 3.66. The number of amides is 1. The Morgan fingerprint density at radius 3 is 2.28 bits per heavy atom. The van der Waals surface area contributed by atoms with Crippen molar-refractivity contribution in [2.45, 2.75) is 12.0 Å². The van der Waals surface area contributed by atoms with Gasteiger partial charge in [0, 0.05) is 30.7 Å². The largest absolute Gasteiger partial charge is 0.398 e. The third-order valence-corrected chi connectivity index (χ3v) is 5.03. The van der Waals surface area contributed by atoms with Crippen molar-refractivity contribution in [1.29, 1.82) is 0 Å². The van der Waals surface area contributed by atoms with Crippen LogP contribution in [-0.2, 0) is 0 Å². The molecule has 3 aromatic carbocycles. The van der Waals surface area contributed by atoms with Crippen LogP contribution in [0, 0.1) is 0 Å². The van der Waals surface area contributed by atoms with Crippen LogP contribution in [0.25, 0.3) is 10.8 Å². The SMILES string of the molecule is Nc1cc2ccccc2cc1C(=O)N1C[C@@H](N)[C@H](c2ccccc2)C1. The molecule has 0 radical (unpaired) electrons. The van der Waals surface area contributed by atoms with Crippen molar-refractivity contribution >= 4 is 22.4 Å². The summed E-state index contributed by atoms with van der Waals surface area (Å²) in [4.78, 5) is 14.8. The number of anilines is 1. The highest BCUT2D eigenvalue weighted by Crippen LogP contribution is 2.29. The van der Waals surface area contributed by atoms with Crippen molar-refractivity contribution in [1.82, 2.24) is 4.90 Å². The summed E-state index contributed by atoms with van der Waals surface area (Å²) < 4.78 is 0. The number of fused-ring (bicyclic) bond motifs is 1. The van der Waals surface area contributed by atoms with E-state index in [0.717, 1.165) is 10.8 Å². The molecule has 0 unspecified atom stereocenters. The summed E-state index contributed by atoms with van der Waals surface area (Å²) in [7, 11) is 0. The second kappa shape index (κ2) is 6.22. The fraction of sp³-hybridized carbons (Fsp3) is 0.190. The van der Waals surface area contributed by atoms with Gasteiger partial charge in [-0.15, -0.1) is 0 Å². The minimum absolute atomic E-state index is 0.0443. The number of benzene rings is 3. The van der Waals surface area contributed by atoms with Crippen molar-refractivity contribution in [3.8, 4) is 0 Å². The van der Waals surface area contributed by atoms with Crippen LogP contribution in [0.2, 0.25) is 0 Å². The molecule has 25 heavy (non-hydrogen) atoms. The maximum absolute atomic E-state index is 13.0. The van der Waals surface area contributed by atoms with Crippen molar-refractivity contribution in [3.63, 3.8) is 0 Å². The van der Waals surface area contributed by atoms with Crippen LogP contribution in [0.4, 0.5) is 5.69 Å². The number of likely N-dealkylation sites (tertiary alicyclic amines) is 1. The average Bonchev–Trinajstić information content (AvgIpc) is 3.03. The van der Waals surface area contributed by atoms with Gasteiger partial charge in [-0.3, -0.25) is 4.79 Å². The molecule has 1 amide bonds. The molecular weight excluding hydrogens is 310 g/mol. The first-order chi connectivity index (χ1) is 12.1. The Morgan fingerprint density at radius 2 is 1.56 bits per heavy atom. The van der Waals surface area contributed by atoms with Gasteiger partial charge in [0.1, 0.15) is 0 Å². The lowest BCUT2D eigenvalue weighted by atomic mass is 9.95. The molecular formula is C21H21N3O. The van der Waals surface area contributed by atoms with Crippen LogP contribution >= 0.6 is 0 Å². The van der Waals surface area contributed by atoms with Crippen LogP contribution in [0.15, 0.2) is 66.7 Å². The Morgan fingerprint density at radius 1 is 0.920 bits per heavy atom. The zero-order valence-corrected chi connectivity index (χ0v) is 13.9. The molecule has 0 aliphatic carbocycles. The van der Waals surface area contributed by atoms with Gasteiger partial charge in [0.15, 0.2) is 0 Å². The number of carbonyl (C=O) groups is 1. The van der Waals surface area contributed by atoms with Crippen LogP contribution in [-0.4, -0.2) is 29.9 Å². The molecule has 0 saturated carbocycles. The molecule has 1 saturated heterocycles. The molecule has 4 nitrogen and oxygen atoms in total. The van der Waals surface area contributed by atoms with Crippen LogP contribution in [0.3, 0.4) is 0 Å². The topological polar surface area (TPSA) is 72.4 Å². The number of nitrogens with zero attached hydrogens (tertiary/aromatic N) is 1. The third-order valence-electron chi connectivity index (χ3n) is 5.03. The van der Waals surface area contributed by atoms with Gasteiger partial charge in [-0.25, -0.2) is 0 Å². The summed E-state index contributed by atoms with van der Waals surface area (Å²) in [5.41, 5.74) is 14.7. The van der Waals surface area contributed by atoms with E-state index in [2.05, 4.69) is 12.1 Å². The van der Waals surface area contributed by atoms with Crippen LogP contribution in [0.5, 0.6) is 0 Å². The first-order valence-corrected chi connectivity index (χ1v) is 8.51. The normalized spacial score (nSPS) is 20.1. The Balaban J connectivity index is 1.62. The van der Waals surface area contributed by atoms with Gasteiger partial charge in [0.25, 0.3) is 5.91 Å². The molecule has 126 valence electrons. The van der Waals surface area contributed by atoms with E-state index >= 15 is 0 Å². The molecule has 4 N–H and O–H groups in total. The lowest BCUT2D eigenvalue weighted by Crippen LogP contribution is -2.32. The first kappa shape index (κ1) is 15.7. The predicted molar refractivity (Wildman–Crippen MR) is 101 cm³/mol. The number of nitrogen functional groups attached to an aromatic ring is 1. The van der Waals surface area contributed by atoms with E-state index in [4.69, 9.17) is 11.5 Å². The van der Waals surface area contributed by atoms with E-state index in [1.54, 1.807) is 0 Å². The Labute approximate surface area is 147 Å².